The Hall–Kier alpha value is -1.85. The van der Waals surface area contributed by atoms with Crippen LogP contribution in [0.3, 0.4) is 0 Å². The molecule has 0 aliphatic carbocycles. The van der Waals surface area contributed by atoms with Gasteiger partial charge in [-0.1, -0.05) is 24.3 Å². The maximum Gasteiger partial charge on any atom is 0.346 e. The van der Waals surface area contributed by atoms with Gasteiger partial charge in [0.05, 0.1) is 0 Å². The van der Waals surface area contributed by atoms with Gasteiger partial charge in [0.25, 0.3) is 0 Å². The summed E-state index contributed by atoms with van der Waals surface area (Å²) in [5.41, 5.74) is 2.78. The van der Waals surface area contributed by atoms with E-state index in [1.807, 2.05) is 5.01 Å². The number of nitrogens with one attached hydrogen (secondary N) is 1. The monoisotopic (exact) mass is 264 g/mol. The molecule has 0 spiro atoms. The lowest BCUT2D eigenvalue weighted by molar-refractivity contribution is 0.0462. The van der Waals surface area contributed by atoms with Gasteiger partial charge in [0.15, 0.2) is 0 Å². The summed E-state index contributed by atoms with van der Waals surface area (Å²) in [5.74, 6) is 0. The minimum absolute atomic E-state index is 0.229. The Balaban J connectivity index is 4.57. The fourth-order valence-electron chi connectivity index (χ4n) is 1.43. The van der Waals surface area contributed by atoms with Gasteiger partial charge in [-0.2, -0.15) is 0 Å². The fourth-order valence-corrected chi connectivity index (χ4v) is 1.43. The fraction of sp³-hybridized carbons (Fsp3) is 0.357. The van der Waals surface area contributed by atoms with Crippen molar-refractivity contribution in [2.24, 2.45) is 0 Å². The van der Waals surface area contributed by atoms with Crippen LogP contribution in [0, 0.1) is 0 Å². The van der Waals surface area contributed by atoms with E-state index in [1.165, 1.54) is 5.01 Å². The minimum atomic E-state index is -0.229. The third-order valence-corrected chi connectivity index (χ3v) is 2.35. The quantitative estimate of drug-likeness (QED) is 0.483. The second-order valence-corrected chi connectivity index (χ2v) is 3.87. The standard InChI is InChI=1S/C14H24N4O/c1-6-10-17(11-7-2)15-14(19)16(5)18(12-8-3)13-9-4/h6-9H,1-4,10-13H2,5H3,(H,15,19). The Kier molecular flexibility index (Phi) is 9.12. The molecule has 0 aromatic heterocycles. The van der Waals surface area contributed by atoms with Crippen molar-refractivity contribution in [1.82, 2.24) is 20.5 Å². The van der Waals surface area contributed by atoms with E-state index in [1.54, 1.807) is 36.4 Å². The first kappa shape index (κ1) is 17.2. The number of nitrogens with zero attached hydrogens (tertiary/aromatic N) is 3. The molecule has 5 nitrogen and oxygen atoms in total. The van der Waals surface area contributed by atoms with E-state index in [0.29, 0.717) is 26.2 Å². The number of urea groups is 1. The lowest BCUT2D eigenvalue weighted by Crippen LogP contribution is -2.53. The average Bonchev–Trinajstić information content (AvgIpc) is 2.38. The number of hydrogen-bond acceptors (Lipinski definition) is 3. The van der Waals surface area contributed by atoms with E-state index in [4.69, 9.17) is 0 Å². The zero-order valence-corrected chi connectivity index (χ0v) is 11.7. The summed E-state index contributed by atoms with van der Waals surface area (Å²) < 4.78 is 0. The Bertz CT molecular complexity index is 307. The first-order valence-corrected chi connectivity index (χ1v) is 6.08. The van der Waals surface area contributed by atoms with Crippen LogP contribution >= 0.6 is 0 Å². The van der Waals surface area contributed by atoms with E-state index in [-0.39, 0.29) is 6.03 Å². The summed E-state index contributed by atoms with van der Waals surface area (Å²) >= 11 is 0. The minimum Gasteiger partial charge on any atom is -0.269 e. The van der Waals surface area contributed by atoms with Crippen LogP contribution in [-0.2, 0) is 0 Å². The molecule has 0 saturated carbocycles. The Labute approximate surface area is 116 Å². The van der Waals surface area contributed by atoms with Crippen molar-refractivity contribution in [2.75, 3.05) is 33.2 Å². The van der Waals surface area contributed by atoms with Gasteiger partial charge in [-0.25, -0.2) is 14.8 Å². The number of hydrogen-bond donors (Lipinski definition) is 1. The second-order valence-electron chi connectivity index (χ2n) is 3.87. The topological polar surface area (TPSA) is 38.8 Å². The van der Waals surface area contributed by atoms with Crippen molar-refractivity contribution < 1.29 is 4.79 Å². The summed E-state index contributed by atoms with van der Waals surface area (Å²) in [4.78, 5) is 12.1. The summed E-state index contributed by atoms with van der Waals surface area (Å²) in [5, 5.41) is 5.04. The molecular weight excluding hydrogens is 240 g/mol. The zero-order chi connectivity index (χ0) is 14.7. The van der Waals surface area contributed by atoms with Gasteiger partial charge in [-0.05, 0) is 0 Å². The molecule has 0 fully saturated rings. The normalized spacial score (nSPS) is 10.1. The van der Waals surface area contributed by atoms with Gasteiger partial charge in [-0.15, -0.1) is 26.3 Å². The summed E-state index contributed by atoms with van der Waals surface area (Å²) in [6, 6.07) is -0.229. The molecule has 0 aromatic carbocycles. The smallest absolute Gasteiger partial charge is 0.269 e. The maximum absolute atomic E-state index is 12.1. The third kappa shape index (κ3) is 6.59. The van der Waals surface area contributed by atoms with Crippen LogP contribution < -0.4 is 5.43 Å². The van der Waals surface area contributed by atoms with Gasteiger partial charge in [0.1, 0.15) is 0 Å². The van der Waals surface area contributed by atoms with Crippen LogP contribution in [0.4, 0.5) is 4.79 Å². The highest BCUT2D eigenvalue weighted by Gasteiger charge is 2.16. The van der Waals surface area contributed by atoms with Crippen molar-refractivity contribution in [3.63, 3.8) is 0 Å². The van der Waals surface area contributed by atoms with Crippen molar-refractivity contribution in [3.05, 3.63) is 50.6 Å². The molecule has 0 rings (SSSR count). The lowest BCUT2D eigenvalue weighted by Gasteiger charge is -2.32. The van der Waals surface area contributed by atoms with E-state index >= 15 is 0 Å². The molecule has 0 saturated heterocycles. The molecule has 0 aliphatic heterocycles. The van der Waals surface area contributed by atoms with Gasteiger partial charge in [-0.3, -0.25) is 10.4 Å². The molecule has 0 bridgehead atoms. The Morgan fingerprint density at radius 1 is 0.947 bits per heavy atom. The van der Waals surface area contributed by atoms with Crippen molar-refractivity contribution in [3.8, 4) is 0 Å². The second kappa shape index (κ2) is 10.1. The van der Waals surface area contributed by atoms with Crippen LogP contribution in [0.5, 0.6) is 0 Å². The Morgan fingerprint density at radius 2 is 1.37 bits per heavy atom. The highest BCUT2D eigenvalue weighted by atomic mass is 16.2. The molecule has 0 atom stereocenters. The van der Waals surface area contributed by atoms with Gasteiger partial charge < -0.3 is 0 Å². The number of rotatable bonds is 10. The first-order chi connectivity index (χ1) is 9.10. The van der Waals surface area contributed by atoms with E-state index < -0.39 is 0 Å². The van der Waals surface area contributed by atoms with E-state index in [0.717, 1.165) is 0 Å². The average molecular weight is 264 g/mol. The highest BCUT2D eigenvalue weighted by Crippen LogP contribution is 1.97. The summed E-state index contributed by atoms with van der Waals surface area (Å²) in [7, 11) is 1.70. The molecule has 5 heteroatoms. The molecule has 0 radical (unpaired) electrons. The molecule has 2 amide bonds. The molecular formula is C14H24N4O. The van der Waals surface area contributed by atoms with Gasteiger partial charge in [0.2, 0.25) is 0 Å². The van der Waals surface area contributed by atoms with Crippen LogP contribution in [0.2, 0.25) is 0 Å². The third-order valence-electron chi connectivity index (χ3n) is 2.35. The predicted molar refractivity (Wildman–Crippen MR) is 80.2 cm³/mol. The van der Waals surface area contributed by atoms with Crippen LogP contribution in [0.15, 0.2) is 50.6 Å². The molecule has 0 aromatic rings. The van der Waals surface area contributed by atoms with Crippen LogP contribution in [-0.4, -0.2) is 54.3 Å². The van der Waals surface area contributed by atoms with Crippen molar-refractivity contribution in [1.29, 1.82) is 0 Å². The highest BCUT2D eigenvalue weighted by molar-refractivity contribution is 5.72. The first-order valence-electron chi connectivity index (χ1n) is 6.08. The predicted octanol–water partition coefficient (Wildman–Crippen LogP) is 1.81. The molecule has 19 heavy (non-hydrogen) atoms. The molecule has 0 unspecified atom stereocenters. The maximum atomic E-state index is 12.1. The van der Waals surface area contributed by atoms with Crippen LogP contribution in [0.1, 0.15) is 0 Å². The number of carbonyl (C=O) groups excluding carboxylic acids is 1. The van der Waals surface area contributed by atoms with Gasteiger partial charge >= 0.3 is 6.03 Å². The van der Waals surface area contributed by atoms with Crippen LogP contribution in [0.25, 0.3) is 0 Å². The summed E-state index contributed by atoms with van der Waals surface area (Å²) in [6.07, 6.45) is 6.90. The Morgan fingerprint density at radius 3 is 1.74 bits per heavy atom. The molecule has 0 heterocycles. The van der Waals surface area contributed by atoms with E-state index in [2.05, 4.69) is 31.7 Å². The summed E-state index contributed by atoms with van der Waals surface area (Å²) in [6.45, 7) is 16.9. The largest absolute Gasteiger partial charge is 0.346 e. The van der Waals surface area contributed by atoms with Gasteiger partial charge in [0, 0.05) is 33.2 Å². The molecule has 106 valence electrons. The zero-order valence-electron chi connectivity index (χ0n) is 11.7. The lowest BCUT2D eigenvalue weighted by atomic mass is 10.5. The molecule has 1 N–H and O–H groups in total. The SMILES string of the molecule is C=CCN(CC=C)NC(=O)N(C)N(CC=C)CC=C. The number of amides is 2. The number of hydrazine groups is 2. The molecule has 0 aliphatic rings. The van der Waals surface area contributed by atoms with E-state index in [9.17, 15) is 4.79 Å². The number of carbonyl (C=O) groups is 1. The van der Waals surface area contributed by atoms with Crippen molar-refractivity contribution >= 4 is 6.03 Å². The van der Waals surface area contributed by atoms with Crippen molar-refractivity contribution in [2.45, 2.75) is 0 Å².